The van der Waals surface area contributed by atoms with Gasteiger partial charge in [-0.25, -0.2) is 8.42 Å². The van der Waals surface area contributed by atoms with E-state index in [1.165, 1.54) is 22.9 Å². The minimum atomic E-state index is -4.27. The summed E-state index contributed by atoms with van der Waals surface area (Å²) in [5.41, 5.74) is 3.05. The van der Waals surface area contributed by atoms with Gasteiger partial charge in [-0.05, 0) is 30.5 Å². The van der Waals surface area contributed by atoms with E-state index in [9.17, 15) is 13.0 Å². The Hall–Kier alpha value is -2.70. The van der Waals surface area contributed by atoms with Crippen LogP contribution in [0.15, 0.2) is 70.0 Å². The summed E-state index contributed by atoms with van der Waals surface area (Å²) < 4.78 is 39.0. The van der Waals surface area contributed by atoms with Crippen molar-refractivity contribution in [3.05, 3.63) is 72.1 Å². The van der Waals surface area contributed by atoms with Crippen LogP contribution in [0, 0.1) is 13.8 Å². The van der Waals surface area contributed by atoms with Crippen LogP contribution in [0.3, 0.4) is 0 Å². The van der Waals surface area contributed by atoms with Gasteiger partial charge in [0.25, 0.3) is 5.52 Å². The van der Waals surface area contributed by atoms with Crippen LogP contribution >= 0.6 is 0 Å². The first-order valence-electron chi connectivity index (χ1n) is 8.07. The van der Waals surface area contributed by atoms with E-state index < -0.39 is 10.1 Å². The molecule has 6 heteroatoms. The molecule has 4 aromatic rings. The summed E-state index contributed by atoms with van der Waals surface area (Å²) in [6.07, 6.45) is 0. The average molecular weight is 369 g/mol. The molecule has 0 atom stereocenters. The van der Waals surface area contributed by atoms with Crippen LogP contribution in [0.5, 0.6) is 0 Å². The average Bonchev–Trinajstić information content (AvgIpc) is 2.90. The molecule has 134 valence electrons. The van der Waals surface area contributed by atoms with Crippen LogP contribution < -0.4 is 4.57 Å². The number of hydrogen-bond donors (Lipinski definition) is 0. The molecule has 0 saturated heterocycles. The Morgan fingerprint density at radius 1 is 0.923 bits per heavy atom. The van der Waals surface area contributed by atoms with Crippen molar-refractivity contribution in [1.29, 1.82) is 0 Å². The quantitative estimate of drug-likeness (QED) is 0.379. The van der Waals surface area contributed by atoms with E-state index in [2.05, 4.69) is 28.8 Å². The van der Waals surface area contributed by atoms with Crippen molar-refractivity contribution in [2.75, 3.05) is 0 Å². The lowest BCUT2D eigenvalue weighted by atomic mass is 10.1. The second-order valence-corrected chi connectivity index (χ2v) is 7.46. The van der Waals surface area contributed by atoms with Crippen LogP contribution in [0.25, 0.3) is 21.9 Å². The Labute approximate surface area is 152 Å². The molecule has 0 bridgehead atoms. The molecule has 0 saturated carbocycles. The van der Waals surface area contributed by atoms with Crippen molar-refractivity contribution in [3.63, 3.8) is 0 Å². The van der Waals surface area contributed by atoms with E-state index in [4.69, 9.17) is 4.42 Å². The standard InChI is InChI=1S/C13H12NO.C7H8O3S/c1-9-14(2)12-8-7-10-5-3-4-6-11(10)13(12)15-9;1-6-2-4-7(5-3-6)11(8,9)10/h3-8H,1-2H3;2-5H,1H3,(H,8,9,10)/q+1;/p-1. The Morgan fingerprint density at radius 2 is 1.58 bits per heavy atom. The van der Waals surface area contributed by atoms with Crippen LogP contribution in [0.1, 0.15) is 11.5 Å². The predicted octanol–water partition coefficient (Wildman–Crippen LogP) is 3.62. The molecule has 0 fully saturated rings. The Morgan fingerprint density at radius 3 is 2.23 bits per heavy atom. The summed E-state index contributed by atoms with van der Waals surface area (Å²) in [6.45, 7) is 3.80. The van der Waals surface area contributed by atoms with Gasteiger partial charge < -0.3 is 8.97 Å². The molecule has 0 aliphatic heterocycles. The van der Waals surface area contributed by atoms with Gasteiger partial charge in [0, 0.05) is 11.5 Å². The van der Waals surface area contributed by atoms with Crippen molar-refractivity contribution >= 4 is 32.0 Å². The first-order valence-corrected chi connectivity index (χ1v) is 9.47. The van der Waals surface area contributed by atoms with Crippen LogP contribution in [0.2, 0.25) is 0 Å². The third-order valence-corrected chi connectivity index (χ3v) is 5.10. The summed E-state index contributed by atoms with van der Waals surface area (Å²) in [5, 5.41) is 2.40. The summed E-state index contributed by atoms with van der Waals surface area (Å²) in [4.78, 5) is -0.178. The number of benzene rings is 3. The molecule has 0 spiro atoms. The molecule has 26 heavy (non-hydrogen) atoms. The van der Waals surface area contributed by atoms with E-state index in [1.807, 2.05) is 33.0 Å². The predicted molar refractivity (Wildman–Crippen MR) is 98.8 cm³/mol. The molecule has 0 unspecified atom stereocenters. The van der Waals surface area contributed by atoms with Gasteiger partial charge in [-0.1, -0.05) is 42.0 Å². The molecule has 1 heterocycles. The molecule has 0 amide bonds. The molecule has 3 aromatic carbocycles. The van der Waals surface area contributed by atoms with E-state index in [1.54, 1.807) is 12.1 Å². The fraction of sp³-hybridized carbons (Fsp3) is 0.150. The number of oxazole rings is 1. The fourth-order valence-corrected chi connectivity index (χ4v) is 3.16. The van der Waals surface area contributed by atoms with E-state index in [0.29, 0.717) is 0 Å². The third-order valence-electron chi connectivity index (χ3n) is 4.25. The van der Waals surface area contributed by atoms with Gasteiger partial charge in [0.15, 0.2) is 0 Å². The highest BCUT2D eigenvalue weighted by molar-refractivity contribution is 7.85. The highest BCUT2D eigenvalue weighted by Crippen LogP contribution is 2.24. The van der Waals surface area contributed by atoms with Gasteiger partial charge in [-0.15, -0.1) is 0 Å². The van der Waals surface area contributed by atoms with E-state index in [0.717, 1.165) is 22.6 Å². The largest absolute Gasteiger partial charge is 0.744 e. The molecule has 5 nitrogen and oxygen atoms in total. The summed E-state index contributed by atoms with van der Waals surface area (Å²) in [7, 11) is -2.25. The highest BCUT2D eigenvalue weighted by atomic mass is 32.2. The first-order chi connectivity index (χ1) is 12.3. The first kappa shape index (κ1) is 18.1. The molecule has 0 N–H and O–H groups in total. The Bertz CT molecular complexity index is 1180. The molecular weight excluding hydrogens is 350 g/mol. The van der Waals surface area contributed by atoms with Crippen molar-refractivity contribution in [1.82, 2.24) is 0 Å². The molecule has 0 aliphatic rings. The molecular formula is C20H19NO4S. The fourth-order valence-electron chi connectivity index (χ4n) is 2.69. The van der Waals surface area contributed by atoms with Gasteiger partial charge in [-0.2, -0.15) is 4.57 Å². The lowest BCUT2D eigenvalue weighted by Crippen LogP contribution is -2.28. The maximum atomic E-state index is 10.4. The second-order valence-electron chi connectivity index (χ2n) is 6.08. The maximum Gasteiger partial charge on any atom is 0.344 e. The van der Waals surface area contributed by atoms with E-state index in [-0.39, 0.29) is 4.90 Å². The van der Waals surface area contributed by atoms with Crippen molar-refractivity contribution in [2.45, 2.75) is 18.7 Å². The zero-order valence-electron chi connectivity index (χ0n) is 14.8. The molecule has 0 aliphatic carbocycles. The van der Waals surface area contributed by atoms with E-state index >= 15 is 0 Å². The number of hydrogen-bond acceptors (Lipinski definition) is 4. The number of nitrogens with zero attached hydrogens (tertiary/aromatic N) is 1. The number of rotatable bonds is 1. The maximum absolute atomic E-state index is 10.4. The zero-order valence-corrected chi connectivity index (χ0v) is 15.6. The van der Waals surface area contributed by atoms with Gasteiger partial charge in [0.1, 0.15) is 17.2 Å². The highest BCUT2D eigenvalue weighted by Gasteiger charge is 2.16. The monoisotopic (exact) mass is 369 g/mol. The van der Waals surface area contributed by atoms with Crippen LogP contribution in [-0.2, 0) is 17.2 Å². The summed E-state index contributed by atoms with van der Waals surface area (Å²) in [6, 6.07) is 18.3. The lowest BCUT2D eigenvalue weighted by molar-refractivity contribution is -0.657. The Kier molecular flexibility index (Phi) is 4.80. The normalized spacial score (nSPS) is 11.4. The SMILES string of the molecule is Cc1ccc(S(=O)(=O)[O-])cc1.Cc1oc2c3ccccc3ccc2[n+]1C. The third kappa shape index (κ3) is 3.61. The number of fused-ring (bicyclic) bond motifs is 3. The summed E-state index contributed by atoms with van der Waals surface area (Å²) in [5.74, 6) is 0.932. The van der Waals surface area contributed by atoms with Crippen molar-refractivity contribution < 1.29 is 22.0 Å². The van der Waals surface area contributed by atoms with Gasteiger partial charge >= 0.3 is 5.89 Å². The van der Waals surface area contributed by atoms with Gasteiger partial charge in [-0.3, -0.25) is 0 Å². The van der Waals surface area contributed by atoms with Gasteiger partial charge in [0.2, 0.25) is 5.58 Å². The smallest absolute Gasteiger partial charge is 0.344 e. The van der Waals surface area contributed by atoms with Crippen molar-refractivity contribution in [2.24, 2.45) is 7.05 Å². The molecule has 0 radical (unpaired) electrons. The topological polar surface area (TPSA) is 74.2 Å². The summed E-state index contributed by atoms with van der Waals surface area (Å²) >= 11 is 0. The van der Waals surface area contributed by atoms with Gasteiger partial charge in [0.05, 0.1) is 11.8 Å². The number of aromatic nitrogens is 1. The van der Waals surface area contributed by atoms with Crippen LogP contribution in [0.4, 0.5) is 0 Å². The zero-order chi connectivity index (χ0) is 18.9. The number of aryl methyl sites for hydroxylation is 3. The second kappa shape index (κ2) is 6.90. The van der Waals surface area contributed by atoms with Crippen LogP contribution in [-0.4, -0.2) is 13.0 Å². The van der Waals surface area contributed by atoms with Crippen molar-refractivity contribution in [3.8, 4) is 0 Å². The molecule has 1 aromatic heterocycles. The minimum absolute atomic E-state index is 0.178. The Balaban J connectivity index is 0.000000160. The minimum Gasteiger partial charge on any atom is -0.744 e. The molecule has 4 rings (SSSR count). The lowest BCUT2D eigenvalue weighted by Gasteiger charge is -2.05.